The van der Waals surface area contributed by atoms with E-state index in [4.69, 9.17) is 0 Å². The second-order valence-electron chi connectivity index (χ2n) is 6.13. The molecule has 1 aliphatic rings. The first-order valence-electron chi connectivity index (χ1n) is 7.48. The molecule has 17 heavy (non-hydrogen) atoms. The molecule has 1 fully saturated rings. The summed E-state index contributed by atoms with van der Waals surface area (Å²) in [6.45, 7) is 16.5. The zero-order valence-electron chi connectivity index (χ0n) is 12.7. The average molecular weight is 240 g/mol. The zero-order valence-corrected chi connectivity index (χ0v) is 12.7. The van der Waals surface area contributed by atoms with Crippen LogP contribution in [0.25, 0.3) is 0 Å². The Morgan fingerprint density at radius 2 is 1.88 bits per heavy atom. The van der Waals surface area contributed by atoms with Gasteiger partial charge >= 0.3 is 0 Å². The van der Waals surface area contributed by atoms with Crippen LogP contribution in [0.2, 0.25) is 0 Å². The monoisotopic (exact) mass is 240 g/mol. The van der Waals surface area contributed by atoms with E-state index in [0.29, 0.717) is 17.6 Å². The standard InChI is InChI=1S/C15H32N2/c1-7-12(4)14-10-17(13(5)8-2)15(6,9-3)11-16-14/h12-14,16H,7-11H2,1-6H3. The molecule has 1 heterocycles. The van der Waals surface area contributed by atoms with E-state index in [2.05, 4.69) is 51.8 Å². The van der Waals surface area contributed by atoms with Gasteiger partial charge in [-0.25, -0.2) is 0 Å². The second-order valence-corrected chi connectivity index (χ2v) is 6.13. The van der Waals surface area contributed by atoms with Gasteiger partial charge in [0, 0.05) is 30.7 Å². The molecule has 0 aromatic rings. The van der Waals surface area contributed by atoms with Gasteiger partial charge in [0.05, 0.1) is 0 Å². The van der Waals surface area contributed by atoms with Gasteiger partial charge in [-0.2, -0.15) is 0 Å². The first-order valence-corrected chi connectivity index (χ1v) is 7.48. The molecule has 0 radical (unpaired) electrons. The summed E-state index contributed by atoms with van der Waals surface area (Å²) in [5, 5.41) is 3.78. The van der Waals surface area contributed by atoms with Crippen molar-refractivity contribution in [2.75, 3.05) is 13.1 Å². The van der Waals surface area contributed by atoms with Crippen LogP contribution in [0.5, 0.6) is 0 Å². The topological polar surface area (TPSA) is 15.3 Å². The molecule has 1 rings (SSSR count). The fraction of sp³-hybridized carbons (Fsp3) is 1.00. The highest BCUT2D eigenvalue weighted by Crippen LogP contribution is 2.28. The van der Waals surface area contributed by atoms with E-state index in [9.17, 15) is 0 Å². The molecular formula is C15H32N2. The summed E-state index contributed by atoms with van der Waals surface area (Å²) >= 11 is 0. The first-order chi connectivity index (χ1) is 7.98. The molecule has 2 nitrogen and oxygen atoms in total. The Kier molecular flexibility index (Phi) is 5.46. The van der Waals surface area contributed by atoms with Gasteiger partial charge in [0.25, 0.3) is 0 Å². The van der Waals surface area contributed by atoms with Crippen molar-refractivity contribution >= 4 is 0 Å². The maximum atomic E-state index is 3.78. The summed E-state index contributed by atoms with van der Waals surface area (Å²) < 4.78 is 0. The van der Waals surface area contributed by atoms with Gasteiger partial charge in [0.2, 0.25) is 0 Å². The number of hydrogen-bond donors (Lipinski definition) is 1. The van der Waals surface area contributed by atoms with E-state index in [1.165, 1.54) is 25.8 Å². The molecule has 1 N–H and O–H groups in total. The molecule has 4 unspecified atom stereocenters. The normalized spacial score (nSPS) is 34.6. The van der Waals surface area contributed by atoms with E-state index in [1.807, 2.05) is 0 Å². The van der Waals surface area contributed by atoms with Gasteiger partial charge in [-0.3, -0.25) is 4.90 Å². The van der Waals surface area contributed by atoms with E-state index < -0.39 is 0 Å². The maximum absolute atomic E-state index is 3.78. The molecule has 0 aromatic heterocycles. The van der Waals surface area contributed by atoms with Gasteiger partial charge in [0.15, 0.2) is 0 Å². The van der Waals surface area contributed by atoms with Gasteiger partial charge in [0.1, 0.15) is 0 Å². The van der Waals surface area contributed by atoms with E-state index in [1.54, 1.807) is 0 Å². The van der Waals surface area contributed by atoms with Crippen molar-refractivity contribution in [3.63, 3.8) is 0 Å². The van der Waals surface area contributed by atoms with Gasteiger partial charge in [-0.05, 0) is 32.6 Å². The van der Waals surface area contributed by atoms with Crippen molar-refractivity contribution in [3.8, 4) is 0 Å². The van der Waals surface area contributed by atoms with Gasteiger partial charge in [-0.15, -0.1) is 0 Å². The molecule has 1 aliphatic heterocycles. The van der Waals surface area contributed by atoms with Crippen LogP contribution < -0.4 is 5.32 Å². The molecule has 1 saturated heterocycles. The van der Waals surface area contributed by atoms with Crippen LogP contribution in [0, 0.1) is 5.92 Å². The number of rotatable bonds is 5. The fourth-order valence-electron chi connectivity index (χ4n) is 2.88. The Morgan fingerprint density at radius 1 is 1.24 bits per heavy atom. The molecular weight excluding hydrogens is 208 g/mol. The van der Waals surface area contributed by atoms with Gasteiger partial charge in [-0.1, -0.05) is 34.1 Å². The second kappa shape index (κ2) is 6.19. The minimum atomic E-state index is 0.347. The molecule has 0 spiro atoms. The Balaban J connectivity index is 2.77. The summed E-state index contributed by atoms with van der Waals surface area (Å²) in [4.78, 5) is 2.75. The molecule has 0 saturated carbocycles. The lowest BCUT2D eigenvalue weighted by Gasteiger charge is -2.51. The molecule has 102 valence electrons. The summed E-state index contributed by atoms with van der Waals surface area (Å²) in [7, 11) is 0. The van der Waals surface area contributed by atoms with Crippen LogP contribution in [0.1, 0.15) is 60.8 Å². The lowest BCUT2D eigenvalue weighted by atomic mass is 9.86. The Labute approximate surface area is 108 Å². The Bertz CT molecular complexity index is 229. The fourth-order valence-corrected chi connectivity index (χ4v) is 2.88. The zero-order chi connectivity index (χ0) is 13.1. The third-order valence-corrected chi connectivity index (χ3v) is 5.05. The Hall–Kier alpha value is -0.0800. The van der Waals surface area contributed by atoms with Crippen molar-refractivity contribution in [1.29, 1.82) is 0 Å². The SMILES string of the molecule is CCC(C)C1CN(C(C)CC)C(C)(CC)CN1. The Morgan fingerprint density at radius 3 is 2.35 bits per heavy atom. The lowest BCUT2D eigenvalue weighted by molar-refractivity contribution is 0.00471. The number of hydrogen-bond acceptors (Lipinski definition) is 2. The van der Waals surface area contributed by atoms with Crippen molar-refractivity contribution in [2.24, 2.45) is 5.92 Å². The number of nitrogens with one attached hydrogen (secondary N) is 1. The summed E-state index contributed by atoms with van der Waals surface area (Å²) in [5.41, 5.74) is 0.347. The average Bonchev–Trinajstić information content (AvgIpc) is 2.37. The maximum Gasteiger partial charge on any atom is 0.0306 e. The van der Waals surface area contributed by atoms with Crippen LogP contribution in [0.4, 0.5) is 0 Å². The highest BCUT2D eigenvalue weighted by atomic mass is 15.3. The smallest absolute Gasteiger partial charge is 0.0306 e. The predicted molar refractivity (Wildman–Crippen MR) is 76.4 cm³/mol. The lowest BCUT2D eigenvalue weighted by Crippen LogP contribution is -2.66. The predicted octanol–water partition coefficient (Wildman–Crippen LogP) is 3.27. The molecule has 4 atom stereocenters. The number of piperazine rings is 1. The first kappa shape index (κ1) is 15.0. The molecule has 2 heteroatoms. The van der Waals surface area contributed by atoms with Crippen molar-refractivity contribution in [1.82, 2.24) is 10.2 Å². The van der Waals surface area contributed by atoms with Crippen LogP contribution in [-0.4, -0.2) is 35.6 Å². The van der Waals surface area contributed by atoms with Gasteiger partial charge < -0.3 is 5.32 Å². The van der Waals surface area contributed by atoms with Crippen LogP contribution >= 0.6 is 0 Å². The minimum absolute atomic E-state index is 0.347. The summed E-state index contributed by atoms with van der Waals surface area (Å²) in [5.74, 6) is 0.781. The minimum Gasteiger partial charge on any atom is -0.311 e. The molecule has 0 aliphatic carbocycles. The largest absolute Gasteiger partial charge is 0.311 e. The van der Waals surface area contributed by atoms with E-state index in [0.717, 1.165) is 12.5 Å². The molecule has 0 bridgehead atoms. The quantitative estimate of drug-likeness (QED) is 0.793. The van der Waals surface area contributed by atoms with Crippen LogP contribution in [-0.2, 0) is 0 Å². The van der Waals surface area contributed by atoms with E-state index in [-0.39, 0.29) is 0 Å². The van der Waals surface area contributed by atoms with E-state index >= 15 is 0 Å². The summed E-state index contributed by atoms with van der Waals surface area (Å²) in [6, 6.07) is 1.38. The number of nitrogens with zero attached hydrogens (tertiary/aromatic N) is 1. The van der Waals surface area contributed by atoms with Crippen molar-refractivity contribution in [2.45, 2.75) is 78.4 Å². The molecule has 0 amide bonds. The summed E-state index contributed by atoms with van der Waals surface area (Å²) in [6.07, 6.45) is 3.76. The van der Waals surface area contributed by atoms with Crippen LogP contribution in [0.15, 0.2) is 0 Å². The third kappa shape index (κ3) is 3.23. The van der Waals surface area contributed by atoms with Crippen molar-refractivity contribution in [3.05, 3.63) is 0 Å². The molecule has 0 aromatic carbocycles. The third-order valence-electron chi connectivity index (χ3n) is 5.05. The van der Waals surface area contributed by atoms with Crippen molar-refractivity contribution < 1.29 is 0 Å². The highest BCUT2D eigenvalue weighted by Gasteiger charge is 2.39. The highest BCUT2D eigenvalue weighted by molar-refractivity contribution is 4.97. The van der Waals surface area contributed by atoms with Crippen LogP contribution in [0.3, 0.4) is 0 Å².